The van der Waals surface area contributed by atoms with E-state index in [1.54, 1.807) is 0 Å². The Hall–Kier alpha value is -4.31. The highest BCUT2D eigenvalue weighted by molar-refractivity contribution is 5.61. The molecule has 1 aromatic carbocycles. The van der Waals surface area contributed by atoms with Crippen LogP contribution in [0.25, 0.3) is 6.08 Å². The fourth-order valence-electron chi connectivity index (χ4n) is 5.06. The molecule has 3 rings (SSSR count). The lowest BCUT2D eigenvalue weighted by Crippen LogP contribution is -2.25. The van der Waals surface area contributed by atoms with Crippen LogP contribution in [0.1, 0.15) is 53.0 Å². The molecule has 0 spiro atoms. The van der Waals surface area contributed by atoms with E-state index in [1.807, 2.05) is 38.1 Å². The van der Waals surface area contributed by atoms with E-state index in [-0.39, 0.29) is 28.9 Å². The first-order valence-electron chi connectivity index (χ1n) is 13.2. The van der Waals surface area contributed by atoms with Crippen LogP contribution in [0.2, 0.25) is 0 Å². The van der Waals surface area contributed by atoms with E-state index in [2.05, 4.69) is 80.3 Å². The van der Waals surface area contributed by atoms with E-state index in [0.717, 1.165) is 30.6 Å². The molecule has 6 nitrogen and oxygen atoms in total. The molecule has 200 valence electrons. The summed E-state index contributed by atoms with van der Waals surface area (Å²) < 4.78 is 5.85. The summed E-state index contributed by atoms with van der Waals surface area (Å²) in [4.78, 5) is 2.14. The topological polar surface area (TPSA) is 104 Å². The summed E-state index contributed by atoms with van der Waals surface area (Å²) in [6.45, 7) is 11.8. The molecule has 1 N–H and O–H groups in total. The molecule has 1 aliphatic carbocycles. The van der Waals surface area contributed by atoms with Gasteiger partial charge in [-0.05, 0) is 67.9 Å². The molecule has 1 aromatic rings. The lowest BCUT2D eigenvalue weighted by atomic mass is 9.75. The molecule has 0 atom stereocenters. The van der Waals surface area contributed by atoms with Crippen molar-refractivity contribution in [2.24, 2.45) is 5.41 Å². The van der Waals surface area contributed by atoms with E-state index in [0.29, 0.717) is 12.1 Å². The van der Waals surface area contributed by atoms with E-state index in [9.17, 15) is 20.9 Å². The normalized spacial score (nSPS) is 19.0. The first kappa shape index (κ1) is 29.2. The lowest BCUT2D eigenvalue weighted by Gasteiger charge is -2.30. The molecule has 0 saturated carbocycles. The molecular weight excluding hydrogens is 484 g/mol. The second-order valence-electron chi connectivity index (χ2n) is 11.0. The van der Waals surface area contributed by atoms with Crippen LogP contribution in [0.15, 0.2) is 88.3 Å². The Labute approximate surface area is 232 Å². The Morgan fingerprint density at radius 1 is 1.03 bits per heavy atom. The van der Waals surface area contributed by atoms with Crippen molar-refractivity contribution in [3.8, 4) is 18.2 Å². The van der Waals surface area contributed by atoms with Crippen molar-refractivity contribution < 1.29 is 9.84 Å². The number of allylic oxidation sites excluding steroid dienone is 8. The van der Waals surface area contributed by atoms with Crippen LogP contribution < -0.4 is 4.90 Å². The number of aliphatic hydroxyl groups is 1. The van der Waals surface area contributed by atoms with Crippen LogP contribution in [-0.2, 0) is 4.74 Å². The number of nitriles is 3. The summed E-state index contributed by atoms with van der Waals surface area (Å²) in [5.74, 6) is 0.0507. The monoisotopic (exact) mass is 520 g/mol. The van der Waals surface area contributed by atoms with Gasteiger partial charge in [0.25, 0.3) is 0 Å². The quantitative estimate of drug-likeness (QED) is 0.384. The smallest absolute Gasteiger partial charge is 0.172 e. The zero-order valence-corrected chi connectivity index (χ0v) is 23.5. The van der Waals surface area contributed by atoms with Crippen molar-refractivity contribution in [1.82, 2.24) is 0 Å². The predicted octanol–water partition coefficient (Wildman–Crippen LogP) is 6.68. The summed E-state index contributed by atoms with van der Waals surface area (Å²) >= 11 is 0. The molecule has 1 aliphatic heterocycles. The molecular formula is C33H36N4O2. The molecule has 39 heavy (non-hydrogen) atoms. The molecule has 0 amide bonds. The van der Waals surface area contributed by atoms with Gasteiger partial charge in [0, 0.05) is 24.4 Å². The third-order valence-electron chi connectivity index (χ3n) is 6.87. The molecule has 6 heteroatoms. The number of aliphatic hydroxyl groups excluding tert-OH is 1. The number of likely N-dealkylation sites (N-methyl/N-ethyl adjacent to an activating group) is 1. The number of benzene rings is 1. The Balaban J connectivity index is 1.86. The standard InChI is InChI=1S/C33H36N4O2/c1-6-37(16-17-38)28-14-12-24(13-15-28)10-11-26-18-25(19-32(2,3)20-26)8-7-9-30-29(23-36)31(27(21-34)22-35)39-33(30,4)5/h7-15,18,38H,6,16-17,19-20H2,1-5H3/b9-7-,11-10+,25-8-. The maximum atomic E-state index is 9.74. The Bertz CT molecular complexity index is 1380. The van der Waals surface area contributed by atoms with Crippen molar-refractivity contribution in [3.63, 3.8) is 0 Å². The molecule has 0 saturated heterocycles. The van der Waals surface area contributed by atoms with Crippen molar-refractivity contribution >= 4 is 11.8 Å². The maximum absolute atomic E-state index is 9.74. The third kappa shape index (κ3) is 7.17. The summed E-state index contributed by atoms with van der Waals surface area (Å²) in [6.07, 6.45) is 14.2. The molecule has 0 bridgehead atoms. The Kier molecular flexibility index (Phi) is 9.37. The zero-order valence-electron chi connectivity index (χ0n) is 23.5. The minimum Gasteiger partial charge on any atom is -0.480 e. The molecule has 0 unspecified atom stereocenters. The van der Waals surface area contributed by atoms with Crippen LogP contribution in [0, 0.1) is 39.4 Å². The fourth-order valence-corrected chi connectivity index (χ4v) is 5.06. The second kappa shape index (κ2) is 12.5. The SMILES string of the molecule is CCN(CCO)c1ccc(/C=C/C2=CC(=C/C=C\C3=C(C#N)C(=C(C#N)C#N)OC3(C)C)/CC(C)(C)C2)cc1. The van der Waals surface area contributed by atoms with E-state index in [4.69, 9.17) is 4.74 Å². The second-order valence-corrected chi connectivity index (χ2v) is 11.0. The van der Waals surface area contributed by atoms with Gasteiger partial charge in [0.05, 0.1) is 6.61 Å². The van der Waals surface area contributed by atoms with Crippen molar-refractivity contribution in [2.45, 2.75) is 53.1 Å². The molecule has 1 heterocycles. The largest absolute Gasteiger partial charge is 0.480 e. The summed E-state index contributed by atoms with van der Waals surface area (Å²) in [5.41, 5.74) is 4.58. The van der Waals surface area contributed by atoms with Gasteiger partial charge in [0.1, 0.15) is 29.4 Å². The number of hydrogen-bond donors (Lipinski definition) is 1. The van der Waals surface area contributed by atoms with Crippen molar-refractivity contribution in [2.75, 3.05) is 24.6 Å². The Morgan fingerprint density at radius 3 is 2.31 bits per heavy atom. The number of nitrogens with zero attached hydrogens (tertiary/aromatic N) is 4. The number of hydrogen-bond acceptors (Lipinski definition) is 6. The van der Waals surface area contributed by atoms with Gasteiger partial charge >= 0.3 is 0 Å². The summed E-state index contributed by atoms with van der Waals surface area (Å²) in [5, 5.41) is 37.5. The highest BCUT2D eigenvalue weighted by Gasteiger charge is 2.38. The minimum atomic E-state index is -0.828. The van der Waals surface area contributed by atoms with Crippen LogP contribution in [-0.4, -0.2) is 30.4 Å². The highest BCUT2D eigenvalue weighted by atomic mass is 16.5. The van der Waals surface area contributed by atoms with Crippen LogP contribution in [0.4, 0.5) is 5.69 Å². The number of ether oxygens (including phenoxy) is 1. The van der Waals surface area contributed by atoms with Crippen molar-refractivity contribution in [3.05, 3.63) is 93.8 Å². The molecule has 0 fully saturated rings. The summed E-state index contributed by atoms with van der Waals surface area (Å²) in [7, 11) is 0. The van der Waals surface area contributed by atoms with Crippen LogP contribution in [0.5, 0.6) is 0 Å². The van der Waals surface area contributed by atoms with Gasteiger partial charge in [0.2, 0.25) is 0 Å². The van der Waals surface area contributed by atoms with Crippen LogP contribution in [0.3, 0.4) is 0 Å². The van der Waals surface area contributed by atoms with E-state index >= 15 is 0 Å². The molecule has 0 aromatic heterocycles. The number of anilines is 1. The van der Waals surface area contributed by atoms with Gasteiger partial charge in [-0.1, -0.05) is 62.4 Å². The first-order chi connectivity index (χ1) is 18.6. The third-order valence-corrected chi connectivity index (χ3v) is 6.87. The van der Waals surface area contributed by atoms with Gasteiger partial charge in [-0.3, -0.25) is 0 Å². The number of rotatable bonds is 8. The minimum absolute atomic E-state index is 0.0507. The Morgan fingerprint density at radius 2 is 1.72 bits per heavy atom. The van der Waals surface area contributed by atoms with E-state index in [1.165, 1.54) is 11.1 Å². The molecule has 2 aliphatic rings. The van der Waals surface area contributed by atoms with E-state index < -0.39 is 5.60 Å². The van der Waals surface area contributed by atoms with Gasteiger partial charge in [-0.2, -0.15) is 15.8 Å². The zero-order chi connectivity index (χ0) is 28.6. The maximum Gasteiger partial charge on any atom is 0.172 e. The predicted molar refractivity (Wildman–Crippen MR) is 155 cm³/mol. The van der Waals surface area contributed by atoms with Gasteiger partial charge in [-0.15, -0.1) is 0 Å². The van der Waals surface area contributed by atoms with Gasteiger partial charge in [-0.25, -0.2) is 0 Å². The van der Waals surface area contributed by atoms with Crippen LogP contribution >= 0.6 is 0 Å². The van der Waals surface area contributed by atoms with Gasteiger partial charge in [0.15, 0.2) is 11.3 Å². The van der Waals surface area contributed by atoms with Gasteiger partial charge < -0.3 is 14.7 Å². The molecule has 0 radical (unpaired) electrons. The highest BCUT2D eigenvalue weighted by Crippen LogP contribution is 2.41. The first-order valence-corrected chi connectivity index (χ1v) is 13.2. The lowest BCUT2D eigenvalue weighted by molar-refractivity contribution is 0.0954. The average Bonchev–Trinajstić information content (AvgIpc) is 3.15. The summed E-state index contributed by atoms with van der Waals surface area (Å²) in [6, 6.07) is 14.1. The fraction of sp³-hybridized carbons (Fsp3) is 0.364. The average molecular weight is 521 g/mol. The van der Waals surface area contributed by atoms with Crippen molar-refractivity contribution in [1.29, 1.82) is 15.8 Å².